The minimum atomic E-state index is 0.476. The fourth-order valence-electron chi connectivity index (χ4n) is 0. The van der Waals surface area contributed by atoms with Crippen molar-refractivity contribution in [3.05, 3.63) is 12.6 Å². The first-order valence-electron chi connectivity index (χ1n) is 1.73. The zero-order valence-corrected chi connectivity index (χ0v) is 2.44. The molecule has 0 aliphatic heterocycles. The molecule has 24 valence electrons. The van der Waals surface area contributed by atoms with Crippen molar-refractivity contribution < 1.29 is 1.37 Å². The highest BCUT2D eigenvalue weighted by molar-refractivity contribution is 4.64. The van der Waals surface area contributed by atoms with Crippen LogP contribution in [-0.4, -0.2) is 6.54 Å². The van der Waals surface area contributed by atoms with Crippen LogP contribution in [0.4, 0.5) is 0 Å². The molecule has 0 aromatic rings. The van der Waals surface area contributed by atoms with E-state index in [0.29, 0.717) is 6.54 Å². The summed E-state index contributed by atoms with van der Waals surface area (Å²) >= 11 is 0. The van der Waals surface area contributed by atoms with Gasteiger partial charge < -0.3 is 5.73 Å². The summed E-state index contributed by atoms with van der Waals surface area (Å²) in [6, 6.07) is 0. The van der Waals surface area contributed by atoms with Crippen LogP contribution in [0.3, 0.4) is 0 Å². The van der Waals surface area contributed by atoms with Crippen molar-refractivity contribution in [3.8, 4) is 0 Å². The fourth-order valence-corrected chi connectivity index (χ4v) is 0. The van der Waals surface area contributed by atoms with Crippen LogP contribution in [0.5, 0.6) is 0 Å². The van der Waals surface area contributed by atoms with Crippen LogP contribution in [0.25, 0.3) is 0 Å². The minimum Gasteiger partial charge on any atom is -0.327 e. The highest BCUT2D eigenvalue weighted by Crippen LogP contribution is 1.40. The van der Waals surface area contributed by atoms with Crippen LogP contribution in [0, 0.1) is 0 Å². The van der Waals surface area contributed by atoms with Crippen LogP contribution in [0.2, 0.25) is 0 Å². The molecular formula is C3H7N. The van der Waals surface area contributed by atoms with E-state index in [-0.39, 0.29) is 0 Å². The van der Waals surface area contributed by atoms with Crippen LogP contribution in [0.15, 0.2) is 12.6 Å². The zero-order chi connectivity index (χ0) is 4.12. The summed E-state index contributed by atoms with van der Waals surface area (Å²) in [6.45, 7) is 1.66. The van der Waals surface area contributed by atoms with Gasteiger partial charge in [0.1, 0.15) is 0 Å². The lowest BCUT2D eigenvalue weighted by Crippen LogP contribution is -1.90. The predicted octanol–water partition coefficient (Wildman–Crippen LogP) is 0.131. The number of hydrogen-bond donors (Lipinski definition) is 1. The first-order valence-corrected chi connectivity index (χ1v) is 1.15. The lowest BCUT2D eigenvalue weighted by molar-refractivity contribution is 1.26. The second-order valence-electron chi connectivity index (χ2n) is 0.471. The predicted molar refractivity (Wildman–Crippen MR) is 19.3 cm³/mol. The van der Waals surface area contributed by atoms with Crippen LogP contribution >= 0.6 is 0 Å². The fraction of sp³-hybridized carbons (Fsp3) is 0.333. The minimum absolute atomic E-state index is 0.476. The molecule has 1 heteroatoms. The summed E-state index contributed by atoms with van der Waals surface area (Å²) in [4.78, 5) is 0. The molecule has 0 radical (unpaired) electrons. The van der Waals surface area contributed by atoms with Gasteiger partial charge in [0.25, 0.3) is 0 Å². The maximum atomic E-state index is 6.34. The second kappa shape index (κ2) is 2.70. The normalized spacial score (nSPS) is 12.8. The van der Waals surface area contributed by atoms with Gasteiger partial charge in [-0.3, -0.25) is 0 Å². The van der Waals surface area contributed by atoms with Gasteiger partial charge in [-0.15, -0.1) is 6.55 Å². The van der Waals surface area contributed by atoms with Crippen molar-refractivity contribution in [3.63, 3.8) is 0 Å². The van der Waals surface area contributed by atoms with Gasteiger partial charge in [0, 0.05) is 6.54 Å². The van der Waals surface area contributed by atoms with Gasteiger partial charge in [-0.2, -0.15) is 0 Å². The average molecular weight is 58.1 g/mol. The van der Waals surface area contributed by atoms with Crippen LogP contribution in [0.1, 0.15) is 1.37 Å². The molecule has 0 bridgehead atoms. The van der Waals surface area contributed by atoms with Gasteiger partial charge in [0.2, 0.25) is 0 Å². The van der Waals surface area contributed by atoms with Crippen LogP contribution < -0.4 is 5.73 Å². The van der Waals surface area contributed by atoms with E-state index in [0.717, 1.165) is 0 Å². The van der Waals surface area contributed by atoms with E-state index in [1.165, 1.54) is 6.55 Å². The lowest BCUT2D eigenvalue weighted by Gasteiger charge is -1.61. The van der Waals surface area contributed by atoms with Crippen molar-refractivity contribution in [2.45, 2.75) is 0 Å². The summed E-state index contributed by atoms with van der Waals surface area (Å²) in [7, 11) is 0. The van der Waals surface area contributed by atoms with Crippen molar-refractivity contribution in [1.82, 2.24) is 0 Å². The van der Waals surface area contributed by atoms with Gasteiger partial charge >= 0.3 is 0 Å². The first kappa shape index (κ1) is 1.97. The first-order chi connectivity index (χ1) is 2.41. The molecule has 0 saturated carbocycles. The molecule has 0 amide bonds. The highest BCUT2D eigenvalue weighted by atomic mass is 14.5. The maximum absolute atomic E-state index is 6.34. The number of hydrogen-bond acceptors (Lipinski definition) is 1. The summed E-state index contributed by atoms with van der Waals surface area (Å²) < 4.78 is 6.34. The highest BCUT2D eigenvalue weighted by Gasteiger charge is 1.43. The van der Waals surface area contributed by atoms with Crippen LogP contribution in [-0.2, 0) is 0 Å². The second-order valence-corrected chi connectivity index (χ2v) is 0.471. The molecule has 0 fully saturated rings. The Morgan fingerprint density at radius 1 is 2.50 bits per heavy atom. The van der Waals surface area contributed by atoms with Crippen molar-refractivity contribution in [2.75, 3.05) is 6.54 Å². The summed E-state index contributed by atoms with van der Waals surface area (Å²) in [6.07, 6.45) is 1.57. The number of rotatable bonds is 1. The third-order valence-electron chi connectivity index (χ3n) is 0.136. The monoisotopic (exact) mass is 58.1 g/mol. The van der Waals surface area contributed by atoms with E-state index >= 15 is 0 Å². The van der Waals surface area contributed by atoms with E-state index in [4.69, 9.17) is 7.10 Å². The molecule has 0 atom stereocenters. The van der Waals surface area contributed by atoms with E-state index in [2.05, 4.69) is 0 Å². The summed E-state index contributed by atoms with van der Waals surface area (Å²) in [5.41, 5.74) is 4.93. The molecule has 2 N–H and O–H groups in total. The van der Waals surface area contributed by atoms with Crippen molar-refractivity contribution >= 4 is 0 Å². The summed E-state index contributed by atoms with van der Waals surface area (Å²) in [5, 5.41) is 0. The molecule has 0 heterocycles. The maximum Gasteiger partial charge on any atom is 0.0535 e. The Labute approximate surface area is 27.5 Å². The Morgan fingerprint density at radius 2 is 3.25 bits per heavy atom. The SMILES string of the molecule is [2H]/C=C\CN. The third-order valence-corrected chi connectivity index (χ3v) is 0.136. The smallest absolute Gasteiger partial charge is 0.0535 e. The molecule has 0 rings (SSSR count). The molecule has 0 aromatic carbocycles. The molecule has 4 heavy (non-hydrogen) atoms. The lowest BCUT2D eigenvalue weighted by atomic mass is 10.7. The third kappa shape index (κ3) is 1.70. The molecule has 0 spiro atoms. The van der Waals surface area contributed by atoms with E-state index in [1.807, 2.05) is 0 Å². The van der Waals surface area contributed by atoms with E-state index in [1.54, 1.807) is 6.08 Å². The molecule has 0 aromatic heterocycles. The Morgan fingerprint density at radius 3 is 3.25 bits per heavy atom. The van der Waals surface area contributed by atoms with E-state index in [9.17, 15) is 0 Å². The molecule has 0 aliphatic rings. The Bertz CT molecular complexity index is 33.9. The Kier molecular flexibility index (Phi) is 1.33. The quantitative estimate of drug-likeness (QED) is 0.426. The molecule has 0 aliphatic carbocycles. The van der Waals surface area contributed by atoms with Crippen molar-refractivity contribution in [1.29, 1.82) is 0 Å². The van der Waals surface area contributed by atoms with Gasteiger partial charge in [0.05, 0.1) is 1.37 Å². The largest absolute Gasteiger partial charge is 0.327 e. The molecule has 1 nitrogen and oxygen atoms in total. The Hall–Kier alpha value is -0.300. The number of nitrogens with two attached hydrogens (primary N) is 1. The topological polar surface area (TPSA) is 26.0 Å². The van der Waals surface area contributed by atoms with Gasteiger partial charge in [-0.05, 0) is 0 Å². The standard InChI is InChI=1S/C3H7N/c1-2-3-4/h2H,1,3-4H2/i1D/b2-1-. The van der Waals surface area contributed by atoms with Gasteiger partial charge in [-0.1, -0.05) is 6.08 Å². The Balaban J connectivity index is 2.62. The molecular weight excluding hydrogens is 50.0 g/mol. The van der Waals surface area contributed by atoms with E-state index < -0.39 is 0 Å². The van der Waals surface area contributed by atoms with Gasteiger partial charge in [-0.25, -0.2) is 0 Å². The molecule has 0 saturated heterocycles. The van der Waals surface area contributed by atoms with Gasteiger partial charge in [0.15, 0.2) is 0 Å². The summed E-state index contributed by atoms with van der Waals surface area (Å²) in [5.74, 6) is 0. The zero-order valence-electron chi connectivity index (χ0n) is 3.44. The van der Waals surface area contributed by atoms with Crippen molar-refractivity contribution in [2.24, 2.45) is 5.73 Å². The average Bonchev–Trinajstić information content (AvgIpc) is 1.41. The molecule has 0 unspecified atom stereocenters.